The average Bonchev–Trinajstić information content (AvgIpc) is 2.32. The van der Waals surface area contributed by atoms with Gasteiger partial charge in [-0.15, -0.1) is 0 Å². The van der Waals surface area contributed by atoms with Crippen LogP contribution in [-0.2, 0) is 15.7 Å². The molecule has 0 saturated carbocycles. The molecule has 1 heterocycles. The van der Waals surface area contributed by atoms with Crippen molar-refractivity contribution in [3.63, 3.8) is 0 Å². The van der Waals surface area contributed by atoms with E-state index in [-0.39, 0.29) is 32.0 Å². The van der Waals surface area contributed by atoms with E-state index < -0.39 is 17.8 Å². The van der Waals surface area contributed by atoms with Crippen LogP contribution in [0.5, 0.6) is 0 Å². The van der Waals surface area contributed by atoms with Crippen LogP contribution >= 0.6 is 0 Å². The number of aromatic nitrogens is 1. The van der Waals surface area contributed by atoms with Crippen molar-refractivity contribution in [2.75, 3.05) is 25.1 Å². The summed E-state index contributed by atoms with van der Waals surface area (Å²) in [5, 5.41) is 11.0. The molecule has 5 nitrogen and oxygen atoms in total. The number of halogens is 3. The molecule has 1 aromatic rings. The van der Waals surface area contributed by atoms with Crippen molar-refractivity contribution in [2.45, 2.75) is 12.6 Å². The first kappa shape index (κ1) is 15.2. The van der Waals surface area contributed by atoms with E-state index in [2.05, 4.69) is 10.3 Å². The molecular formula is C11H13F3N2O3. The van der Waals surface area contributed by atoms with Crippen LogP contribution in [-0.4, -0.2) is 35.8 Å². The number of pyridine rings is 1. The number of rotatable bonds is 7. The zero-order chi connectivity index (χ0) is 14.3. The Morgan fingerprint density at radius 3 is 2.74 bits per heavy atom. The minimum absolute atomic E-state index is 0.0625. The molecule has 2 N–H and O–H groups in total. The molecule has 0 aromatic carbocycles. The molecule has 1 rings (SSSR count). The Hall–Kier alpha value is -1.83. The standard InChI is InChI=1S/C11H13F3N2O3/c12-11(13,14)8-2-1-3-9(16-8)15-5-7-19-6-4-10(17)18/h1-3H,4-7H2,(H,15,16)(H,17,18). The Labute approximate surface area is 107 Å². The summed E-state index contributed by atoms with van der Waals surface area (Å²) in [6.07, 6.45) is -4.59. The van der Waals surface area contributed by atoms with Gasteiger partial charge >= 0.3 is 12.1 Å². The molecule has 0 fully saturated rings. The first-order chi connectivity index (χ1) is 8.89. The third-order valence-corrected chi connectivity index (χ3v) is 2.05. The molecule has 8 heteroatoms. The smallest absolute Gasteiger partial charge is 0.433 e. The number of hydrogen-bond acceptors (Lipinski definition) is 4. The molecule has 0 bridgehead atoms. The van der Waals surface area contributed by atoms with Gasteiger partial charge in [-0.3, -0.25) is 4.79 Å². The maximum atomic E-state index is 12.4. The summed E-state index contributed by atoms with van der Waals surface area (Å²) in [4.78, 5) is 13.6. The minimum atomic E-state index is -4.48. The van der Waals surface area contributed by atoms with Crippen LogP contribution in [0.1, 0.15) is 12.1 Å². The van der Waals surface area contributed by atoms with E-state index in [0.717, 1.165) is 6.07 Å². The van der Waals surface area contributed by atoms with Crippen molar-refractivity contribution in [3.05, 3.63) is 23.9 Å². The topological polar surface area (TPSA) is 71.5 Å². The number of aliphatic carboxylic acids is 1. The summed E-state index contributed by atoms with van der Waals surface area (Å²) in [6, 6.07) is 3.55. The lowest BCUT2D eigenvalue weighted by molar-refractivity contribution is -0.141. The van der Waals surface area contributed by atoms with Gasteiger partial charge in [-0.2, -0.15) is 13.2 Å². The summed E-state index contributed by atoms with van der Waals surface area (Å²) in [5.74, 6) is -0.871. The quantitative estimate of drug-likeness (QED) is 0.746. The Balaban J connectivity index is 2.32. The van der Waals surface area contributed by atoms with Gasteiger partial charge in [0.2, 0.25) is 0 Å². The van der Waals surface area contributed by atoms with Gasteiger partial charge in [0.05, 0.1) is 19.6 Å². The number of nitrogens with zero attached hydrogens (tertiary/aromatic N) is 1. The number of carboxylic acids is 1. The van der Waals surface area contributed by atoms with Gasteiger partial charge in [-0.05, 0) is 12.1 Å². The normalized spacial score (nSPS) is 11.3. The second kappa shape index (κ2) is 6.93. The van der Waals surface area contributed by atoms with Gasteiger partial charge in [0.1, 0.15) is 11.5 Å². The molecule has 0 aliphatic carbocycles. The molecule has 0 amide bonds. The average molecular weight is 278 g/mol. The Morgan fingerprint density at radius 1 is 1.37 bits per heavy atom. The molecule has 0 saturated heterocycles. The zero-order valence-corrected chi connectivity index (χ0v) is 9.91. The zero-order valence-electron chi connectivity index (χ0n) is 9.91. The number of alkyl halides is 3. The maximum Gasteiger partial charge on any atom is 0.433 e. The Morgan fingerprint density at radius 2 is 2.11 bits per heavy atom. The van der Waals surface area contributed by atoms with Crippen LogP contribution in [0.25, 0.3) is 0 Å². The van der Waals surface area contributed by atoms with Crippen molar-refractivity contribution in [3.8, 4) is 0 Å². The highest BCUT2D eigenvalue weighted by Crippen LogP contribution is 2.27. The fraction of sp³-hybridized carbons (Fsp3) is 0.455. The first-order valence-electron chi connectivity index (χ1n) is 5.47. The van der Waals surface area contributed by atoms with Crippen LogP contribution in [0, 0.1) is 0 Å². The van der Waals surface area contributed by atoms with Gasteiger partial charge in [-0.1, -0.05) is 6.07 Å². The molecule has 0 atom stereocenters. The first-order valence-corrected chi connectivity index (χ1v) is 5.47. The summed E-state index contributed by atoms with van der Waals surface area (Å²) in [7, 11) is 0. The third-order valence-electron chi connectivity index (χ3n) is 2.05. The second-order valence-corrected chi connectivity index (χ2v) is 3.59. The predicted molar refractivity (Wildman–Crippen MR) is 60.8 cm³/mol. The summed E-state index contributed by atoms with van der Waals surface area (Å²) in [5.41, 5.74) is -0.968. The fourth-order valence-corrected chi connectivity index (χ4v) is 1.20. The monoisotopic (exact) mass is 278 g/mol. The van der Waals surface area contributed by atoms with Crippen LogP contribution in [0.2, 0.25) is 0 Å². The van der Waals surface area contributed by atoms with Crippen molar-refractivity contribution in [2.24, 2.45) is 0 Å². The highest BCUT2D eigenvalue weighted by atomic mass is 19.4. The molecular weight excluding hydrogens is 265 g/mol. The maximum absolute atomic E-state index is 12.4. The molecule has 106 valence electrons. The van der Waals surface area contributed by atoms with Crippen LogP contribution in [0.15, 0.2) is 18.2 Å². The third kappa shape index (κ3) is 6.05. The van der Waals surface area contributed by atoms with E-state index in [1.165, 1.54) is 12.1 Å². The number of anilines is 1. The number of carbonyl (C=O) groups is 1. The van der Waals surface area contributed by atoms with E-state index in [1.807, 2.05) is 0 Å². The van der Waals surface area contributed by atoms with Crippen molar-refractivity contribution >= 4 is 11.8 Å². The SMILES string of the molecule is O=C(O)CCOCCNc1cccc(C(F)(F)F)n1. The fourth-order valence-electron chi connectivity index (χ4n) is 1.20. The van der Waals surface area contributed by atoms with Gasteiger partial charge in [0, 0.05) is 6.54 Å². The molecule has 0 aliphatic rings. The highest BCUT2D eigenvalue weighted by molar-refractivity contribution is 5.66. The summed E-state index contributed by atoms with van der Waals surface area (Å²) >= 11 is 0. The van der Waals surface area contributed by atoms with Crippen LogP contribution in [0.4, 0.5) is 19.0 Å². The van der Waals surface area contributed by atoms with E-state index in [1.54, 1.807) is 0 Å². The van der Waals surface area contributed by atoms with E-state index in [9.17, 15) is 18.0 Å². The van der Waals surface area contributed by atoms with Gasteiger partial charge < -0.3 is 15.2 Å². The minimum Gasteiger partial charge on any atom is -0.481 e. The lowest BCUT2D eigenvalue weighted by atomic mass is 10.3. The second-order valence-electron chi connectivity index (χ2n) is 3.59. The summed E-state index contributed by atoms with van der Waals surface area (Å²) < 4.78 is 42.1. The number of ether oxygens (including phenoxy) is 1. The summed E-state index contributed by atoms with van der Waals surface area (Å²) in [6.45, 7) is 0.492. The van der Waals surface area contributed by atoms with E-state index in [4.69, 9.17) is 9.84 Å². The Kier molecular flexibility index (Phi) is 5.56. The van der Waals surface area contributed by atoms with E-state index >= 15 is 0 Å². The van der Waals surface area contributed by atoms with Crippen LogP contribution < -0.4 is 5.32 Å². The molecule has 0 aliphatic heterocycles. The molecule has 0 unspecified atom stereocenters. The van der Waals surface area contributed by atoms with Gasteiger partial charge in [-0.25, -0.2) is 4.98 Å². The van der Waals surface area contributed by atoms with Crippen molar-refractivity contribution in [1.29, 1.82) is 0 Å². The lowest BCUT2D eigenvalue weighted by Crippen LogP contribution is -2.14. The van der Waals surface area contributed by atoms with Crippen molar-refractivity contribution in [1.82, 2.24) is 4.98 Å². The number of hydrogen-bond donors (Lipinski definition) is 2. The number of nitrogens with one attached hydrogen (secondary N) is 1. The van der Waals surface area contributed by atoms with E-state index in [0.29, 0.717) is 0 Å². The van der Waals surface area contributed by atoms with Gasteiger partial charge in [0.15, 0.2) is 0 Å². The predicted octanol–water partition coefficient (Wildman–Crippen LogP) is 2.00. The van der Waals surface area contributed by atoms with Crippen LogP contribution in [0.3, 0.4) is 0 Å². The highest BCUT2D eigenvalue weighted by Gasteiger charge is 2.32. The Bertz CT molecular complexity index is 424. The molecule has 19 heavy (non-hydrogen) atoms. The lowest BCUT2D eigenvalue weighted by Gasteiger charge is -2.09. The number of carboxylic acid groups (broad SMARTS) is 1. The van der Waals surface area contributed by atoms with Crippen molar-refractivity contribution < 1.29 is 27.8 Å². The largest absolute Gasteiger partial charge is 0.481 e. The molecule has 0 spiro atoms. The van der Waals surface area contributed by atoms with Gasteiger partial charge in [0.25, 0.3) is 0 Å². The molecule has 1 aromatic heterocycles. The molecule has 0 radical (unpaired) electrons.